The van der Waals surface area contributed by atoms with Crippen molar-refractivity contribution in [3.8, 4) is 17.4 Å². The Labute approximate surface area is 170 Å². The molecule has 0 bridgehead atoms. The lowest BCUT2D eigenvalue weighted by molar-refractivity contribution is -0.141. The minimum atomic E-state index is -4.53. The molecule has 0 N–H and O–H groups in total. The Balaban J connectivity index is 1.31. The average molecular weight is 414 g/mol. The number of carbonyl (C=O) groups is 1. The molecule has 0 aliphatic carbocycles. The Bertz CT molecular complexity index is 1020. The van der Waals surface area contributed by atoms with Gasteiger partial charge in [0.05, 0.1) is 13.1 Å². The maximum absolute atomic E-state index is 12.7. The molecule has 154 valence electrons. The van der Waals surface area contributed by atoms with Gasteiger partial charge in [-0.15, -0.1) is 0 Å². The van der Waals surface area contributed by atoms with Crippen molar-refractivity contribution in [2.24, 2.45) is 0 Å². The molecule has 5 nitrogen and oxygen atoms in total. The van der Waals surface area contributed by atoms with E-state index in [1.54, 1.807) is 29.2 Å². The van der Waals surface area contributed by atoms with Gasteiger partial charge in [-0.3, -0.25) is 4.79 Å². The van der Waals surface area contributed by atoms with Crippen LogP contribution in [0.2, 0.25) is 0 Å². The summed E-state index contributed by atoms with van der Waals surface area (Å²) in [5.41, 5.74) is -0.517. The number of rotatable bonds is 5. The number of carbonyl (C=O) groups excluding carboxylic acids is 1. The van der Waals surface area contributed by atoms with Crippen molar-refractivity contribution in [3.05, 3.63) is 84.1 Å². The molecule has 4 rings (SSSR count). The van der Waals surface area contributed by atoms with Gasteiger partial charge in [-0.05, 0) is 42.5 Å². The van der Waals surface area contributed by atoms with Crippen molar-refractivity contribution in [2.45, 2.75) is 12.3 Å². The van der Waals surface area contributed by atoms with E-state index in [4.69, 9.17) is 9.47 Å². The second-order valence-corrected chi connectivity index (χ2v) is 6.75. The number of hydrogen-bond donors (Lipinski definition) is 0. The lowest BCUT2D eigenvalue weighted by Crippen LogP contribution is -2.56. The molecule has 0 radical (unpaired) electrons. The van der Waals surface area contributed by atoms with Crippen LogP contribution in [-0.4, -0.2) is 35.0 Å². The molecule has 3 aromatic rings. The number of nitrogens with zero attached hydrogens (tertiary/aromatic N) is 2. The number of alkyl halides is 3. The number of benzene rings is 2. The molecule has 1 saturated heterocycles. The van der Waals surface area contributed by atoms with Crippen LogP contribution in [0.1, 0.15) is 16.1 Å². The summed E-state index contributed by atoms with van der Waals surface area (Å²) in [6, 6.07) is 19.5. The zero-order valence-corrected chi connectivity index (χ0v) is 15.7. The molecule has 30 heavy (non-hydrogen) atoms. The van der Waals surface area contributed by atoms with Crippen molar-refractivity contribution in [3.63, 3.8) is 0 Å². The van der Waals surface area contributed by atoms with Crippen LogP contribution in [0.5, 0.6) is 17.4 Å². The second kappa shape index (κ2) is 8.06. The first-order valence-corrected chi connectivity index (χ1v) is 9.21. The number of pyridine rings is 1. The molecule has 1 aliphatic heterocycles. The minimum Gasteiger partial charge on any atom is -0.471 e. The van der Waals surface area contributed by atoms with Crippen LogP contribution in [0.3, 0.4) is 0 Å². The van der Waals surface area contributed by atoms with E-state index < -0.39 is 18.0 Å². The van der Waals surface area contributed by atoms with Gasteiger partial charge >= 0.3 is 6.18 Å². The molecule has 1 aromatic heterocycles. The van der Waals surface area contributed by atoms with Crippen molar-refractivity contribution >= 4 is 5.91 Å². The second-order valence-electron chi connectivity index (χ2n) is 6.75. The van der Waals surface area contributed by atoms with Gasteiger partial charge in [0.15, 0.2) is 0 Å². The number of likely N-dealkylation sites (tertiary alicyclic amines) is 1. The van der Waals surface area contributed by atoms with Crippen molar-refractivity contribution in [1.29, 1.82) is 0 Å². The monoisotopic (exact) mass is 414 g/mol. The van der Waals surface area contributed by atoms with E-state index in [9.17, 15) is 18.0 Å². The largest absolute Gasteiger partial charge is 0.471 e. The summed E-state index contributed by atoms with van der Waals surface area (Å²) in [6.45, 7) is 0.554. The Kier molecular flexibility index (Phi) is 5.31. The van der Waals surface area contributed by atoms with Gasteiger partial charge in [0.25, 0.3) is 5.91 Å². The minimum absolute atomic E-state index is 0.107. The lowest BCUT2D eigenvalue weighted by Gasteiger charge is -2.38. The quantitative estimate of drug-likeness (QED) is 0.602. The van der Waals surface area contributed by atoms with Crippen LogP contribution in [0.15, 0.2) is 72.8 Å². The van der Waals surface area contributed by atoms with E-state index in [2.05, 4.69) is 4.98 Å². The van der Waals surface area contributed by atoms with E-state index in [1.807, 2.05) is 30.3 Å². The molecule has 0 saturated carbocycles. The van der Waals surface area contributed by atoms with E-state index >= 15 is 0 Å². The first-order chi connectivity index (χ1) is 14.4. The number of aromatic nitrogens is 1. The van der Waals surface area contributed by atoms with Crippen LogP contribution in [0.25, 0.3) is 0 Å². The molecular weight excluding hydrogens is 397 g/mol. The Hall–Kier alpha value is -3.55. The molecule has 2 aromatic carbocycles. The number of para-hydroxylation sites is 1. The van der Waals surface area contributed by atoms with Crippen molar-refractivity contribution in [1.82, 2.24) is 9.88 Å². The highest BCUT2D eigenvalue weighted by atomic mass is 19.4. The molecule has 2 heterocycles. The Morgan fingerprint density at radius 2 is 1.57 bits per heavy atom. The number of hydrogen-bond acceptors (Lipinski definition) is 4. The van der Waals surface area contributed by atoms with Gasteiger partial charge in [-0.1, -0.05) is 24.3 Å². The third-order valence-electron chi connectivity index (χ3n) is 4.52. The summed E-state index contributed by atoms with van der Waals surface area (Å²) in [7, 11) is 0. The standard InChI is InChI=1S/C22H17F3N2O3/c23-22(24,25)19-7-4-8-20(26-19)30-18-13-27(14-18)21(28)15-9-11-17(12-10-15)29-16-5-2-1-3-6-16/h1-12,18H,13-14H2. The predicted molar refractivity (Wildman–Crippen MR) is 103 cm³/mol. The third-order valence-corrected chi connectivity index (χ3v) is 4.52. The van der Waals surface area contributed by atoms with Gasteiger partial charge in [-0.2, -0.15) is 13.2 Å². The highest BCUT2D eigenvalue weighted by Gasteiger charge is 2.35. The van der Waals surface area contributed by atoms with Gasteiger partial charge in [0, 0.05) is 11.6 Å². The molecule has 1 amide bonds. The molecule has 1 fully saturated rings. The molecular formula is C22H17F3N2O3. The fourth-order valence-corrected chi connectivity index (χ4v) is 2.96. The zero-order valence-electron chi connectivity index (χ0n) is 15.7. The Morgan fingerprint density at radius 3 is 2.23 bits per heavy atom. The molecule has 0 atom stereocenters. The van der Waals surface area contributed by atoms with Gasteiger partial charge in [0.2, 0.25) is 5.88 Å². The van der Waals surface area contributed by atoms with Gasteiger partial charge in [0.1, 0.15) is 23.3 Å². The topological polar surface area (TPSA) is 51.7 Å². The van der Waals surface area contributed by atoms with E-state index in [1.165, 1.54) is 12.1 Å². The predicted octanol–water partition coefficient (Wildman–Crippen LogP) is 4.80. The maximum atomic E-state index is 12.7. The SMILES string of the molecule is O=C(c1ccc(Oc2ccccc2)cc1)N1CC(Oc2cccc(C(F)(F)F)n2)C1. The molecule has 0 spiro atoms. The van der Waals surface area contributed by atoms with Crippen LogP contribution in [0, 0.1) is 0 Å². The molecule has 8 heteroatoms. The van der Waals surface area contributed by atoms with Gasteiger partial charge in [-0.25, -0.2) is 4.98 Å². The zero-order chi connectivity index (χ0) is 21.1. The Morgan fingerprint density at radius 1 is 0.900 bits per heavy atom. The first kappa shape index (κ1) is 19.8. The smallest absolute Gasteiger partial charge is 0.433 e. The van der Waals surface area contributed by atoms with Crippen molar-refractivity contribution < 1.29 is 27.4 Å². The number of amides is 1. The lowest BCUT2D eigenvalue weighted by atomic mass is 10.1. The average Bonchev–Trinajstić information content (AvgIpc) is 2.71. The van der Waals surface area contributed by atoms with E-state index in [0.717, 1.165) is 6.07 Å². The maximum Gasteiger partial charge on any atom is 0.433 e. The highest BCUT2D eigenvalue weighted by Crippen LogP contribution is 2.29. The summed E-state index contributed by atoms with van der Waals surface area (Å²) in [4.78, 5) is 17.6. The summed E-state index contributed by atoms with van der Waals surface area (Å²) in [6.07, 6.45) is -4.93. The first-order valence-electron chi connectivity index (χ1n) is 9.21. The normalized spacial score (nSPS) is 14.2. The van der Waals surface area contributed by atoms with Crippen molar-refractivity contribution in [2.75, 3.05) is 13.1 Å². The van der Waals surface area contributed by atoms with Crippen LogP contribution >= 0.6 is 0 Å². The van der Waals surface area contributed by atoms with Crippen LogP contribution in [0.4, 0.5) is 13.2 Å². The summed E-state index contributed by atoms with van der Waals surface area (Å²) >= 11 is 0. The fourth-order valence-electron chi connectivity index (χ4n) is 2.96. The number of ether oxygens (including phenoxy) is 2. The summed E-state index contributed by atoms with van der Waals surface area (Å²) in [5.74, 6) is 1.02. The number of halogens is 3. The molecule has 0 unspecified atom stereocenters. The van der Waals surface area contributed by atoms with Gasteiger partial charge < -0.3 is 14.4 Å². The third kappa shape index (κ3) is 4.53. The van der Waals surface area contributed by atoms with Crippen LogP contribution < -0.4 is 9.47 Å². The van der Waals surface area contributed by atoms with Crippen LogP contribution in [-0.2, 0) is 6.18 Å². The summed E-state index contributed by atoms with van der Waals surface area (Å²) < 4.78 is 49.3. The molecule has 1 aliphatic rings. The van der Waals surface area contributed by atoms with E-state index in [-0.39, 0.29) is 24.9 Å². The van der Waals surface area contributed by atoms with E-state index in [0.29, 0.717) is 17.1 Å². The fraction of sp³-hybridized carbons (Fsp3) is 0.182. The summed E-state index contributed by atoms with van der Waals surface area (Å²) in [5, 5.41) is 0. The highest BCUT2D eigenvalue weighted by molar-refractivity contribution is 5.94.